The van der Waals surface area contributed by atoms with Gasteiger partial charge in [0.2, 0.25) is 6.79 Å². The summed E-state index contributed by atoms with van der Waals surface area (Å²) in [5.41, 5.74) is 6.91. The van der Waals surface area contributed by atoms with Crippen LogP contribution in [-0.4, -0.2) is 19.9 Å². The Morgan fingerprint density at radius 2 is 2.19 bits per heavy atom. The zero-order chi connectivity index (χ0) is 11.4. The van der Waals surface area contributed by atoms with E-state index in [9.17, 15) is 0 Å². The van der Waals surface area contributed by atoms with Crippen LogP contribution in [0.5, 0.6) is 11.5 Å². The molecule has 88 valence electrons. The molecule has 4 heteroatoms. The lowest BCUT2D eigenvalue weighted by Gasteiger charge is -2.17. The highest BCUT2D eigenvalue weighted by Gasteiger charge is 2.16. The van der Waals surface area contributed by atoms with E-state index >= 15 is 0 Å². The minimum absolute atomic E-state index is 0.189. The van der Waals surface area contributed by atoms with E-state index in [1.165, 1.54) is 0 Å². The van der Waals surface area contributed by atoms with Gasteiger partial charge < -0.3 is 20.5 Å². The molecular weight excluding hydrogens is 204 g/mol. The maximum absolute atomic E-state index is 5.76. The van der Waals surface area contributed by atoms with Gasteiger partial charge in [-0.2, -0.15) is 0 Å². The monoisotopic (exact) mass is 222 g/mol. The van der Waals surface area contributed by atoms with Crippen molar-refractivity contribution in [1.82, 2.24) is 5.32 Å². The standard InChI is InChI=1S/C12H18N2O2/c1-2-5-14-10(7-13)9-3-4-11-12(6-9)16-8-15-11/h3-4,6,10,14H,2,5,7-8,13H2,1H3. The first kappa shape index (κ1) is 11.2. The summed E-state index contributed by atoms with van der Waals surface area (Å²) in [4.78, 5) is 0. The molecule has 0 saturated heterocycles. The third kappa shape index (κ3) is 2.28. The van der Waals surface area contributed by atoms with Gasteiger partial charge in [-0.05, 0) is 30.7 Å². The van der Waals surface area contributed by atoms with E-state index in [0.29, 0.717) is 13.3 Å². The Bertz CT molecular complexity index is 355. The van der Waals surface area contributed by atoms with E-state index in [0.717, 1.165) is 30.0 Å². The number of benzene rings is 1. The summed E-state index contributed by atoms with van der Waals surface area (Å²) < 4.78 is 10.6. The van der Waals surface area contributed by atoms with Crippen molar-refractivity contribution >= 4 is 0 Å². The third-order valence-electron chi connectivity index (χ3n) is 2.68. The minimum Gasteiger partial charge on any atom is -0.454 e. The van der Waals surface area contributed by atoms with Gasteiger partial charge >= 0.3 is 0 Å². The first-order valence-electron chi connectivity index (χ1n) is 5.68. The fourth-order valence-corrected chi connectivity index (χ4v) is 1.79. The molecular formula is C12H18N2O2. The molecule has 0 spiro atoms. The zero-order valence-corrected chi connectivity index (χ0v) is 9.53. The topological polar surface area (TPSA) is 56.5 Å². The van der Waals surface area contributed by atoms with E-state index in [4.69, 9.17) is 15.2 Å². The van der Waals surface area contributed by atoms with Gasteiger partial charge in [0.1, 0.15) is 0 Å². The molecule has 4 nitrogen and oxygen atoms in total. The van der Waals surface area contributed by atoms with E-state index in [1.54, 1.807) is 0 Å². The summed E-state index contributed by atoms with van der Waals surface area (Å²) in [5.74, 6) is 1.63. The molecule has 1 aromatic rings. The van der Waals surface area contributed by atoms with Gasteiger partial charge in [0.15, 0.2) is 11.5 Å². The van der Waals surface area contributed by atoms with E-state index in [-0.39, 0.29) is 6.04 Å². The molecule has 1 heterocycles. The highest BCUT2D eigenvalue weighted by atomic mass is 16.7. The summed E-state index contributed by atoms with van der Waals surface area (Å²) >= 11 is 0. The summed E-state index contributed by atoms with van der Waals surface area (Å²) in [7, 11) is 0. The van der Waals surface area contributed by atoms with Gasteiger partial charge in [0.05, 0.1) is 0 Å². The highest BCUT2D eigenvalue weighted by Crippen LogP contribution is 2.33. The number of fused-ring (bicyclic) bond motifs is 1. The van der Waals surface area contributed by atoms with Crippen molar-refractivity contribution in [3.63, 3.8) is 0 Å². The summed E-state index contributed by atoms with van der Waals surface area (Å²) in [6.45, 7) is 4.00. The van der Waals surface area contributed by atoms with Crippen LogP contribution in [-0.2, 0) is 0 Å². The summed E-state index contributed by atoms with van der Waals surface area (Å²) in [5, 5.41) is 3.41. The second-order valence-electron chi connectivity index (χ2n) is 3.86. The Hall–Kier alpha value is -1.26. The molecule has 1 aliphatic rings. The smallest absolute Gasteiger partial charge is 0.231 e. The van der Waals surface area contributed by atoms with Crippen molar-refractivity contribution in [1.29, 1.82) is 0 Å². The maximum atomic E-state index is 5.76. The molecule has 0 bridgehead atoms. The van der Waals surface area contributed by atoms with E-state index < -0.39 is 0 Å². The van der Waals surface area contributed by atoms with Crippen LogP contribution < -0.4 is 20.5 Å². The van der Waals surface area contributed by atoms with Gasteiger partial charge in [-0.15, -0.1) is 0 Å². The van der Waals surface area contributed by atoms with Crippen molar-refractivity contribution < 1.29 is 9.47 Å². The van der Waals surface area contributed by atoms with Crippen molar-refractivity contribution in [2.45, 2.75) is 19.4 Å². The molecule has 1 unspecified atom stereocenters. The summed E-state index contributed by atoms with van der Waals surface area (Å²) in [6, 6.07) is 6.17. The summed E-state index contributed by atoms with van der Waals surface area (Å²) in [6.07, 6.45) is 1.10. The SMILES string of the molecule is CCCNC(CN)c1ccc2c(c1)OCO2. The van der Waals surface area contributed by atoms with Gasteiger partial charge in [0.25, 0.3) is 0 Å². The average molecular weight is 222 g/mol. The molecule has 1 atom stereocenters. The van der Waals surface area contributed by atoms with Crippen molar-refractivity contribution in [3.05, 3.63) is 23.8 Å². The van der Waals surface area contributed by atoms with Crippen LogP contribution in [0.2, 0.25) is 0 Å². The molecule has 2 rings (SSSR count). The molecule has 0 radical (unpaired) electrons. The van der Waals surface area contributed by atoms with Crippen LogP contribution >= 0.6 is 0 Å². The fraction of sp³-hybridized carbons (Fsp3) is 0.500. The van der Waals surface area contributed by atoms with Gasteiger partial charge in [0, 0.05) is 12.6 Å². The number of ether oxygens (including phenoxy) is 2. The molecule has 0 saturated carbocycles. The minimum atomic E-state index is 0.189. The maximum Gasteiger partial charge on any atom is 0.231 e. The van der Waals surface area contributed by atoms with Crippen LogP contribution in [0.25, 0.3) is 0 Å². The quantitative estimate of drug-likeness (QED) is 0.791. The van der Waals surface area contributed by atoms with Crippen molar-refractivity contribution in [2.75, 3.05) is 19.9 Å². The molecule has 0 fully saturated rings. The fourth-order valence-electron chi connectivity index (χ4n) is 1.79. The lowest BCUT2D eigenvalue weighted by molar-refractivity contribution is 0.174. The molecule has 0 aromatic heterocycles. The van der Waals surface area contributed by atoms with Crippen LogP contribution in [0.1, 0.15) is 24.9 Å². The molecule has 0 amide bonds. The predicted octanol–water partition coefficient (Wildman–Crippen LogP) is 1.41. The Morgan fingerprint density at radius 3 is 2.94 bits per heavy atom. The Kier molecular flexibility index (Phi) is 3.64. The van der Waals surface area contributed by atoms with Gasteiger partial charge in [-0.1, -0.05) is 13.0 Å². The highest BCUT2D eigenvalue weighted by molar-refractivity contribution is 5.45. The van der Waals surface area contributed by atoms with Gasteiger partial charge in [-0.3, -0.25) is 0 Å². The number of nitrogens with two attached hydrogens (primary N) is 1. The van der Waals surface area contributed by atoms with Crippen LogP contribution in [0, 0.1) is 0 Å². The molecule has 0 aliphatic carbocycles. The predicted molar refractivity (Wildman–Crippen MR) is 62.7 cm³/mol. The Morgan fingerprint density at radius 1 is 1.38 bits per heavy atom. The van der Waals surface area contributed by atoms with E-state index in [2.05, 4.69) is 12.2 Å². The van der Waals surface area contributed by atoms with Crippen LogP contribution in [0.15, 0.2) is 18.2 Å². The number of hydrogen-bond acceptors (Lipinski definition) is 4. The number of rotatable bonds is 5. The lowest BCUT2D eigenvalue weighted by atomic mass is 10.1. The Balaban J connectivity index is 2.12. The number of hydrogen-bond donors (Lipinski definition) is 2. The van der Waals surface area contributed by atoms with E-state index in [1.807, 2.05) is 18.2 Å². The van der Waals surface area contributed by atoms with Crippen molar-refractivity contribution in [3.8, 4) is 11.5 Å². The Labute approximate surface area is 95.7 Å². The second kappa shape index (κ2) is 5.18. The second-order valence-corrected chi connectivity index (χ2v) is 3.86. The first-order chi connectivity index (χ1) is 7.85. The normalized spacial score (nSPS) is 15.1. The lowest BCUT2D eigenvalue weighted by Crippen LogP contribution is -2.28. The number of nitrogens with one attached hydrogen (secondary N) is 1. The van der Waals surface area contributed by atoms with Crippen LogP contribution in [0.3, 0.4) is 0 Å². The zero-order valence-electron chi connectivity index (χ0n) is 9.53. The largest absolute Gasteiger partial charge is 0.454 e. The first-order valence-corrected chi connectivity index (χ1v) is 5.68. The third-order valence-corrected chi connectivity index (χ3v) is 2.68. The molecule has 3 N–H and O–H groups in total. The molecule has 1 aliphatic heterocycles. The van der Waals surface area contributed by atoms with Gasteiger partial charge in [-0.25, -0.2) is 0 Å². The van der Waals surface area contributed by atoms with Crippen molar-refractivity contribution in [2.24, 2.45) is 5.73 Å². The average Bonchev–Trinajstić information content (AvgIpc) is 2.77. The van der Waals surface area contributed by atoms with Crippen LogP contribution in [0.4, 0.5) is 0 Å². The molecule has 1 aromatic carbocycles. The molecule has 16 heavy (non-hydrogen) atoms.